The van der Waals surface area contributed by atoms with Gasteiger partial charge < -0.3 is 29.4 Å². The summed E-state index contributed by atoms with van der Waals surface area (Å²) in [5, 5.41) is 5.88. The Hall–Kier alpha value is -4.55. The fraction of sp³-hybridized carbons (Fsp3) is 0.355. The Balaban J connectivity index is 1.33. The fourth-order valence-electron chi connectivity index (χ4n) is 5.44. The van der Waals surface area contributed by atoms with E-state index in [0.29, 0.717) is 28.6 Å². The van der Waals surface area contributed by atoms with E-state index in [1.54, 1.807) is 12.1 Å². The van der Waals surface area contributed by atoms with E-state index in [-0.39, 0.29) is 29.6 Å². The summed E-state index contributed by atoms with van der Waals surface area (Å²) in [5.74, 6) is 0.126. The van der Waals surface area contributed by atoms with Crippen LogP contribution in [0.3, 0.4) is 0 Å². The second kappa shape index (κ2) is 12.6. The number of benzene rings is 3. The maximum atomic E-state index is 12.6. The summed E-state index contributed by atoms with van der Waals surface area (Å²) in [4.78, 5) is 17.2. The standard InChI is InChI=1S/C31H31F5N4O4/c1-30(2)15-3-4-21(17-30)40-26-14-13-24(42-18-27(41)37-19-5-9-22(10-6-19)43-28(32)33)16-25(26)39-29(40)38-20-7-11-23(12-8-20)44-31(34,35)36/h5-14,16,21,28H,3-4,15,17-18H2,1-2H3,(H,37,41)(H,38,39)/t21-/m0/s1. The minimum Gasteiger partial charge on any atom is -0.484 e. The van der Waals surface area contributed by atoms with Crippen LogP contribution in [0, 0.1) is 5.41 Å². The summed E-state index contributed by atoms with van der Waals surface area (Å²) in [7, 11) is 0. The molecular weight excluding hydrogens is 587 g/mol. The number of nitrogens with zero attached hydrogens (tertiary/aromatic N) is 2. The summed E-state index contributed by atoms with van der Waals surface area (Å²) < 4.78 is 78.6. The van der Waals surface area contributed by atoms with Gasteiger partial charge in [0, 0.05) is 23.5 Å². The highest BCUT2D eigenvalue weighted by atomic mass is 19.4. The lowest BCUT2D eigenvalue weighted by Crippen LogP contribution is -2.25. The van der Waals surface area contributed by atoms with E-state index < -0.39 is 18.9 Å². The molecule has 0 bridgehead atoms. The molecule has 1 atom stereocenters. The number of carbonyl (C=O) groups is 1. The number of anilines is 3. The van der Waals surface area contributed by atoms with Gasteiger partial charge in [-0.3, -0.25) is 4.79 Å². The average molecular weight is 619 g/mol. The molecule has 2 N–H and O–H groups in total. The summed E-state index contributed by atoms with van der Waals surface area (Å²) in [5.41, 5.74) is 2.50. The Kier molecular flexibility index (Phi) is 8.84. The van der Waals surface area contributed by atoms with Crippen LogP contribution in [0.5, 0.6) is 17.2 Å². The number of hydrogen-bond donors (Lipinski definition) is 2. The highest BCUT2D eigenvalue weighted by Crippen LogP contribution is 2.44. The van der Waals surface area contributed by atoms with Crippen molar-refractivity contribution in [2.75, 3.05) is 17.2 Å². The van der Waals surface area contributed by atoms with E-state index in [4.69, 9.17) is 9.72 Å². The molecule has 5 rings (SSSR count). The van der Waals surface area contributed by atoms with Crippen LogP contribution in [-0.2, 0) is 4.79 Å². The molecule has 1 amide bonds. The van der Waals surface area contributed by atoms with Crippen LogP contribution in [0.25, 0.3) is 11.0 Å². The van der Waals surface area contributed by atoms with E-state index in [9.17, 15) is 26.7 Å². The number of hydrogen-bond acceptors (Lipinski definition) is 6. The molecule has 0 radical (unpaired) electrons. The van der Waals surface area contributed by atoms with E-state index in [2.05, 4.69) is 38.5 Å². The smallest absolute Gasteiger partial charge is 0.484 e. The molecule has 3 aromatic carbocycles. The summed E-state index contributed by atoms with van der Waals surface area (Å²) >= 11 is 0. The van der Waals surface area contributed by atoms with Crippen molar-refractivity contribution in [3.8, 4) is 17.2 Å². The number of rotatable bonds is 10. The molecule has 44 heavy (non-hydrogen) atoms. The van der Waals surface area contributed by atoms with Gasteiger partial charge in [-0.25, -0.2) is 4.98 Å². The number of amides is 1. The average Bonchev–Trinajstić information content (AvgIpc) is 3.29. The maximum absolute atomic E-state index is 12.6. The van der Waals surface area contributed by atoms with Crippen LogP contribution < -0.4 is 24.8 Å². The zero-order valence-corrected chi connectivity index (χ0v) is 24.0. The SMILES string of the molecule is CC1(C)CCC[C@H](n2c(Nc3ccc(OC(F)(F)F)cc3)nc3cc(OCC(=O)Nc4ccc(OC(F)F)cc4)ccc32)C1. The molecule has 1 heterocycles. The lowest BCUT2D eigenvalue weighted by molar-refractivity contribution is -0.274. The second-order valence-electron chi connectivity index (χ2n) is 11.3. The van der Waals surface area contributed by atoms with Crippen molar-refractivity contribution in [2.24, 2.45) is 5.41 Å². The van der Waals surface area contributed by atoms with Crippen LogP contribution >= 0.6 is 0 Å². The highest BCUT2D eigenvalue weighted by molar-refractivity contribution is 5.92. The number of alkyl halides is 5. The normalized spacial score (nSPS) is 16.5. The van der Waals surface area contributed by atoms with Crippen LogP contribution in [0.1, 0.15) is 45.6 Å². The minimum absolute atomic E-state index is 0.0277. The van der Waals surface area contributed by atoms with Gasteiger partial charge in [-0.15, -0.1) is 13.2 Å². The molecule has 1 aromatic heterocycles. The number of nitrogens with one attached hydrogen (secondary N) is 2. The topological polar surface area (TPSA) is 86.6 Å². The molecule has 1 fully saturated rings. The highest BCUT2D eigenvalue weighted by Gasteiger charge is 2.32. The Morgan fingerprint density at radius 2 is 1.66 bits per heavy atom. The zero-order valence-electron chi connectivity index (χ0n) is 24.0. The van der Waals surface area contributed by atoms with Gasteiger partial charge in [0.05, 0.1) is 11.0 Å². The fourth-order valence-corrected chi connectivity index (χ4v) is 5.44. The largest absolute Gasteiger partial charge is 0.573 e. The molecule has 1 aliphatic carbocycles. The number of aromatic nitrogens is 2. The van der Waals surface area contributed by atoms with Crippen molar-refractivity contribution >= 4 is 34.3 Å². The number of ether oxygens (including phenoxy) is 3. The third-order valence-corrected chi connectivity index (χ3v) is 7.28. The summed E-state index contributed by atoms with van der Waals surface area (Å²) in [6.07, 6.45) is -0.781. The first kappa shape index (κ1) is 30.9. The quantitative estimate of drug-likeness (QED) is 0.174. The van der Waals surface area contributed by atoms with Gasteiger partial charge in [-0.05, 0) is 85.3 Å². The molecule has 0 saturated heterocycles. The van der Waals surface area contributed by atoms with Gasteiger partial charge >= 0.3 is 13.0 Å². The summed E-state index contributed by atoms with van der Waals surface area (Å²) in [6.45, 7) is 1.21. The first-order valence-corrected chi connectivity index (χ1v) is 14.0. The van der Waals surface area contributed by atoms with Crippen molar-refractivity contribution in [2.45, 2.75) is 58.5 Å². The van der Waals surface area contributed by atoms with Crippen molar-refractivity contribution in [1.82, 2.24) is 9.55 Å². The minimum atomic E-state index is -4.78. The van der Waals surface area contributed by atoms with Crippen LogP contribution in [0.15, 0.2) is 66.7 Å². The number of carbonyl (C=O) groups excluding carboxylic acids is 1. The third-order valence-electron chi connectivity index (χ3n) is 7.28. The Morgan fingerprint density at radius 3 is 2.32 bits per heavy atom. The number of fused-ring (bicyclic) bond motifs is 1. The molecule has 0 aliphatic heterocycles. The van der Waals surface area contributed by atoms with Gasteiger partial charge in [0.2, 0.25) is 5.95 Å². The molecule has 234 valence electrons. The van der Waals surface area contributed by atoms with Gasteiger partial charge in [0.25, 0.3) is 5.91 Å². The van der Waals surface area contributed by atoms with Crippen molar-refractivity contribution < 1.29 is 41.0 Å². The van der Waals surface area contributed by atoms with Gasteiger partial charge in [0.15, 0.2) is 6.61 Å². The van der Waals surface area contributed by atoms with E-state index >= 15 is 0 Å². The van der Waals surface area contributed by atoms with E-state index in [0.717, 1.165) is 31.2 Å². The zero-order chi connectivity index (χ0) is 31.5. The molecule has 13 heteroatoms. The molecule has 8 nitrogen and oxygen atoms in total. The van der Waals surface area contributed by atoms with Crippen molar-refractivity contribution in [1.29, 1.82) is 0 Å². The predicted molar refractivity (Wildman–Crippen MR) is 155 cm³/mol. The summed E-state index contributed by atoms with van der Waals surface area (Å²) in [6, 6.07) is 16.4. The monoisotopic (exact) mass is 618 g/mol. The molecular formula is C31H31F5N4O4. The molecule has 0 unspecified atom stereocenters. The van der Waals surface area contributed by atoms with Gasteiger partial charge in [-0.1, -0.05) is 20.3 Å². The van der Waals surface area contributed by atoms with Crippen molar-refractivity contribution in [3.05, 3.63) is 66.7 Å². The predicted octanol–water partition coefficient (Wildman–Crippen LogP) is 8.44. The molecule has 1 saturated carbocycles. The Labute approximate surface area is 250 Å². The number of imidazole rings is 1. The second-order valence-corrected chi connectivity index (χ2v) is 11.3. The van der Waals surface area contributed by atoms with Gasteiger partial charge in [-0.2, -0.15) is 8.78 Å². The molecule has 1 aliphatic rings. The molecule has 4 aromatic rings. The lowest BCUT2D eigenvalue weighted by atomic mass is 9.75. The third kappa shape index (κ3) is 8.08. The van der Waals surface area contributed by atoms with Crippen LogP contribution in [-0.4, -0.2) is 35.0 Å². The Morgan fingerprint density at radius 1 is 1.00 bits per heavy atom. The van der Waals surface area contributed by atoms with Crippen molar-refractivity contribution in [3.63, 3.8) is 0 Å². The van der Waals surface area contributed by atoms with Gasteiger partial charge in [0.1, 0.15) is 17.2 Å². The first-order valence-electron chi connectivity index (χ1n) is 14.0. The van der Waals surface area contributed by atoms with Crippen LogP contribution in [0.4, 0.5) is 39.3 Å². The first-order chi connectivity index (χ1) is 20.8. The maximum Gasteiger partial charge on any atom is 0.573 e. The number of halogens is 5. The van der Waals surface area contributed by atoms with E-state index in [1.165, 1.54) is 48.5 Å². The van der Waals surface area contributed by atoms with Crippen LogP contribution in [0.2, 0.25) is 0 Å². The lowest BCUT2D eigenvalue weighted by Gasteiger charge is -2.36. The van der Waals surface area contributed by atoms with E-state index in [1.807, 2.05) is 6.07 Å². The Bertz CT molecular complexity index is 1590. The molecule has 0 spiro atoms.